The summed E-state index contributed by atoms with van der Waals surface area (Å²) in [4.78, 5) is 0. The number of hydrogen-bond donors (Lipinski definition) is 1. The second-order valence-corrected chi connectivity index (χ2v) is 5.42. The van der Waals surface area contributed by atoms with Crippen LogP contribution in [-0.2, 0) is 0 Å². The Morgan fingerprint density at radius 1 is 0.857 bits per heavy atom. The molecule has 3 rings (SSSR count). The lowest BCUT2D eigenvalue weighted by Crippen LogP contribution is -2.31. The molecule has 0 amide bonds. The summed E-state index contributed by atoms with van der Waals surface area (Å²) in [5.41, 5.74) is 0. The molecule has 5 atom stereocenters. The smallest absolute Gasteiger partial charge is 0.0574 e. The van der Waals surface area contributed by atoms with Crippen LogP contribution < -0.4 is 0 Å². The van der Waals surface area contributed by atoms with Crippen molar-refractivity contribution in [3.63, 3.8) is 0 Å². The van der Waals surface area contributed by atoms with Gasteiger partial charge in [0.25, 0.3) is 0 Å². The van der Waals surface area contributed by atoms with E-state index in [9.17, 15) is 5.11 Å². The molecule has 2 fully saturated rings. The minimum absolute atomic E-state index is 0.0460. The largest absolute Gasteiger partial charge is 0.393 e. The maximum atomic E-state index is 9.90. The maximum absolute atomic E-state index is 9.90. The van der Waals surface area contributed by atoms with Gasteiger partial charge in [0.1, 0.15) is 0 Å². The zero-order valence-corrected chi connectivity index (χ0v) is 8.73. The van der Waals surface area contributed by atoms with Gasteiger partial charge in [-0.05, 0) is 62.2 Å². The first-order valence-corrected chi connectivity index (χ1v) is 6.19. The highest BCUT2D eigenvalue weighted by Crippen LogP contribution is 2.55. The second kappa shape index (κ2) is 3.37. The van der Waals surface area contributed by atoms with E-state index in [1.165, 1.54) is 32.1 Å². The molecule has 3 aliphatic carbocycles. The molecule has 1 heteroatoms. The van der Waals surface area contributed by atoms with E-state index >= 15 is 0 Å². The summed E-state index contributed by atoms with van der Waals surface area (Å²) < 4.78 is 0. The van der Waals surface area contributed by atoms with Crippen molar-refractivity contribution in [3.05, 3.63) is 12.2 Å². The SMILES string of the molecule is OC1CC2CC1C1CC/C=C/CCC21. The van der Waals surface area contributed by atoms with Crippen LogP contribution in [0.5, 0.6) is 0 Å². The lowest BCUT2D eigenvalue weighted by Gasteiger charge is -2.34. The average molecular weight is 192 g/mol. The van der Waals surface area contributed by atoms with Crippen LogP contribution in [0.4, 0.5) is 0 Å². The van der Waals surface area contributed by atoms with E-state index in [2.05, 4.69) is 12.2 Å². The number of fused-ring (bicyclic) bond motifs is 5. The van der Waals surface area contributed by atoms with Crippen LogP contribution in [0.3, 0.4) is 0 Å². The minimum atomic E-state index is 0.0460. The van der Waals surface area contributed by atoms with Crippen molar-refractivity contribution in [1.29, 1.82) is 0 Å². The number of aliphatic hydroxyl groups is 1. The molecule has 1 N–H and O–H groups in total. The standard InChI is InChI=1S/C13H20O/c14-13-8-9-7-12(13)11-6-4-2-1-3-5-10(9)11/h1-2,9-14H,3-8H2/b2-1+. The van der Waals surface area contributed by atoms with E-state index in [1.807, 2.05) is 0 Å². The lowest BCUT2D eigenvalue weighted by atomic mass is 9.73. The van der Waals surface area contributed by atoms with Gasteiger partial charge < -0.3 is 5.11 Å². The topological polar surface area (TPSA) is 20.2 Å². The summed E-state index contributed by atoms with van der Waals surface area (Å²) in [5.74, 6) is 3.34. The first-order chi connectivity index (χ1) is 6.86. The van der Waals surface area contributed by atoms with Gasteiger partial charge in [0, 0.05) is 0 Å². The Morgan fingerprint density at radius 2 is 1.57 bits per heavy atom. The van der Waals surface area contributed by atoms with Crippen molar-refractivity contribution in [3.8, 4) is 0 Å². The van der Waals surface area contributed by atoms with Gasteiger partial charge in [-0.3, -0.25) is 0 Å². The van der Waals surface area contributed by atoms with Gasteiger partial charge in [-0.1, -0.05) is 12.2 Å². The summed E-state index contributed by atoms with van der Waals surface area (Å²) in [6, 6.07) is 0. The van der Waals surface area contributed by atoms with E-state index in [0.717, 1.165) is 24.2 Å². The fourth-order valence-electron chi connectivity index (χ4n) is 4.26. The van der Waals surface area contributed by atoms with Gasteiger partial charge in [0.05, 0.1) is 6.10 Å². The summed E-state index contributed by atoms with van der Waals surface area (Å²) in [5, 5.41) is 9.90. The zero-order chi connectivity index (χ0) is 9.54. The Morgan fingerprint density at radius 3 is 2.36 bits per heavy atom. The second-order valence-electron chi connectivity index (χ2n) is 5.42. The number of aliphatic hydroxyl groups excluding tert-OH is 1. The van der Waals surface area contributed by atoms with Crippen molar-refractivity contribution >= 4 is 0 Å². The number of allylic oxidation sites excluding steroid dienone is 2. The zero-order valence-electron chi connectivity index (χ0n) is 8.73. The molecule has 2 bridgehead atoms. The molecule has 14 heavy (non-hydrogen) atoms. The Bertz CT molecular complexity index is 246. The molecule has 5 unspecified atom stereocenters. The number of rotatable bonds is 0. The molecule has 2 saturated carbocycles. The van der Waals surface area contributed by atoms with Gasteiger partial charge >= 0.3 is 0 Å². The minimum Gasteiger partial charge on any atom is -0.393 e. The quantitative estimate of drug-likeness (QED) is 0.585. The molecule has 1 nitrogen and oxygen atoms in total. The molecular weight excluding hydrogens is 172 g/mol. The monoisotopic (exact) mass is 192 g/mol. The summed E-state index contributed by atoms with van der Waals surface area (Å²) in [7, 11) is 0. The molecule has 0 aromatic carbocycles. The van der Waals surface area contributed by atoms with Crippen LogP contribution >= 0.6 is 0 Å². The molecule has 0 aromatic rings. The third kappa shape index (κ3) is 1.25. The van der Waals surface area contributed by atoms with Crippen LogP contribution in [-0.4, -0.2) is 11.2 Å². The van der Waals surface area contributed by atoms with E-state index < -0.39 is 0 Å². The predicted molar refractivity (Wildman–Crippen MR) is 56.8 cm³/mol. The molecule has 0 spiro atoms. The summed E-state index contributed by atoms with van der Waals surface area (Å²) >= 11 is 0. The third-order valence-corrected chi connectivity index (χ3v) is 4.82. The van der Waals surface area contributed by atoms with E-state index in [1.54, 1.807) is 0 Å². The van der Waals surface area contributed by atoms with Crippen LogP contribution in [0.1, 0.15) is 38.5 Å². The third-order valence-electron chi connectivity index (χ3n) is 4.82. The molecule has 0 saturated heterocycles. The van der Waals surface area contributed by atoms with E-state index in [0.29, 0.717) is 5.92 Å². The van der Waals surface area contributed by atoms with Crippen LogP contribution in [0.25, 0.3) is 0 Å². The van der Waals surface area contributed by atoms with Gasteiger partial charge in [0.15, 0.2) is 0 Å². The van der Waals surface area contributed by atoms with Crippen LogP contribution in [0.15, 0.2) is 12.2 Å². The fraction of sp³-hybridized carbons (Fsp3) is 0.846. The molecule has 0 heterocycles. The number of hydrogen-bond acceptors (Lipinski definition) is 1. The van der Waals surface area contributed by atoms with Gasteiger partial charge in [-0.15, -0.1) is 0 Å². The highest BCUT2D eigenvalue weighted by Gasteiger charge is 2.50. The molecule has 78 valence electrons. The summed E-state index contributed by atoms with van der Waals surface area (Å²) in [6.45, 7) is 0. The Balaban J connectivity index is 1.80. The highest BCUT2D eigenvalue weighted by atomic mass is 16.3. The first-order valence-electron chi connectivity index (χ1n) is 6.19. The lowest BCUT2D eigenvalue weighted by molar-refractivity contribution is 0.0466. The average Bonchev–Trinajstić information content (AvgIpc) is 2.59. The van der Waals surface area contributed by atoms with Gasteiger partial charge in [-0.25, -0.2) is 0 Å². The van der Waals surface area contributed by atoms with Gasteiger partial charge in [0.2, 0.25) is 0 Å². The predicted octanol–water partition coefficient (Wildman–Crippen LogP) is 2.75. The summed E-state index contributed by atoms with van der Waals surface area (Å²) in [6.07, 6.45) is 12.4. The van der Waals surface area contributed by atoms with Crippen molar-refractivity contribution in [1.82, 2.24) is 0 Å². The van der Waals surface area contributed by atoms with Crippen molar-refractivity contribution in [2.75, 3.05) is 0 Å². The van der Waals surface area contributed by atoms with Gasteiger partial charge in [-0.2, -0.15) is 0 Å². The molecule has 0 aliphatic heterocycles. The molecule has 0 radical (unpaired) electrons. The Kier molecular flexibility index (Phi) is 2.16. The molecule has 0 aromatic heterocycles. The highest BCUT2D eigenvalue weighted by molar-refractivity contribution is 5.03. The normalized spacial score (nSPS) is 53.6. The molecule has 3 aliphatic rings. The van der Waals surface area contributed by atoms with Crippen molar-refractivity contribution in [2.24, 2.45) is 23.7 Å². The first kappa shape index (κ1) is 8.96. The fourth-order valence-corrected chi connectivity index (χ4v) is 4.26. The molecular formula is C13H20O. The van der Waals surface area contributed by atoms with E-state index in [-0.39, 0.29) is 6.10 Å². The van der Waals surface area contributed by atoms with Crippen LogP contribution in [0, 0.1) is 23.7 Å². The van der Waals surface area contributed by atoms with E-state index in [4.69, 9.17) is 0 Å². The van der Waals surface area contributed by atoms with Crippen molar-refractivity contribution in [2.45, 2.75) is 44.6 Å². The maximum Gasteiger partial charge on any atom is 0.0574 e. The van der Waals surface area contributed by atoms with Crippen LogP contribution in [0.2, 0.25) is 0 Å². The Labute approximate surface area is 86.2 Å². The van der Waals surface area contributed by atoms with Crippen molar-refractivity contribution < 1.29 is 5.11 Å². The Hall–Kier alpha value is -0.300.